The first-order valence-electron chi connectivity index (χ1n) is 8.24. The summed E-state index contributed by atoms with van der Waals surface area (Å²) in [6, 6.07) is 9.21. The molecule has 1 amide bonds. The summed E-state index contributed by atoms with van der Waals surface area (Å²) in [4.78, 5) is 16.6. The maximum absolute atomic E-state index is 12.3. The Morgan fingerprint density at radius 3 is 2.76 bits per heavy atom. The minimum absolute atomic E-state index is 0.0430. The maximum Gasteiger partial charge on any atom is 0.287 e. The number of carbonyl (C=O) groups excluding carboxylic acids is 1. The fourth-order valence-corrected chi connectivity index (χ4v) is 2.70. The van der Waals surface area contributed by atoms with Gasteiger partial charge in [-0.25, -0.2) is 0 Å². The van der Waals surface area contributed by atoms with Gasteiger partial charge in [0.05, 0.1) is 5.69 Å². The lowest BCUT2D eigenvalue weighted by Gasteiger charge is -2.12. The first-order chi connectivity index (χ1) is 12.0. The van der Waals surface area contributed by atoms with E-state index in [0.717, 1.165) is 22.7 Å². The molecule has 6 nitrogen and oxygen atoms in total. The monoisotopic (exact) mass is 339 g/mol. The van der Waals surface area contributed by atoms with Crippen LogP contribution in [0.15, 0.2) is 45.5 Å². The molecule has 0 spiro atoms. The van der Waals surface area contributed by atoms with E-state index in [0.29, 0.717) is 24.4 Å². The second kappa shape index (κ2) is 7.34. The number of carbonyl (C=O) groups is 1. The third-order valence-corrected chi connectivity index (χ3v) is 4.04. The highest BCUT2D eigenvalue weighted by molar-refractivity contribution is 5.91. The van der Waals surface area contributed by atoms with Crippen molar-refractivity contribution in [3.05, 3.63) is 70.8 Å². The van der Waals surface area contributed by atoms with Crippen LogP contribution in [-0.4, -0.2) is 22.1 Å². The average molecular weight is 339 g/mol. The second-order valence-electron chi connectivity index (χ2n) is 6.15. The molecule has 0 fully saturated rings. The van der Waals surface area contributed by atoms with Gasteiger partial charge in [0.15, 0.2) is 5.76 Å². The van der Waals surface area contributed by atoms with Gasteiger partial charge < -0.3 is 14.3 Å². The van der Waals surface area contributed by atoms with E-state index in [1.54, 1.807) is 12.3 Å². The Kier molecular flexibility index (Phi) is 4.97. The van der Waals surface area contributed by atoms with Crippen molar-refractivity contribution in [3.63, 3.8) is 0 Å². The Morgan fingerprint density at radius 1 is 1.24 bits per heavy atom. The summed E-state index contributed by atoms with van der Waals surface area (Å²) in [6.07, 6.45) is 2.97. The van der Waals surface area contributed by atoms with Crippen LogP contribution in [-0.2, 0) is 12.8 Å². The van der Waals surface area contributed by atoms with E-state index in [1.807, 2.05) is 45.0 Å². The zero-order chi connectivity index (χ0) is 17.8. The predicted octanol–water partition coefficient (Wildman–Crippen LogP) is 3.23. The van der Waals surface area contributed by atoms with Crippen LogP contribution >= 0.6 is 0 Å². The summed E-state index contributed by atoms with van der Waals surface area (Å²) in [5.41, 5.74) is 2.77. The molecular weight excluding hydrogens is 318 g/mol. The summed E-state index contributed by atoms with van der Waals surface area (Å²) in [7, 11) is 0. The maximum atomic E-state index is 12.3. The average Bonchev–Trinajstić information content (AvgIpc) is 3.18. The van der Waals surface area contributed by atoms with Gasteiger partial charge in [-0.05, 0) is 45.0 Å². The van der Waals surface area contributed by atoms with E-state index in [2.05, 4.69) is 15.5 Å². The lowest BCUT2D eigenvalue weighted by atomic mass is 10.1. The summed E-state index contributed by atoms with van der Waals surface area (Å²) in [5, 5.41) is 6.87. The van der Waals surface area contributed by atoms with Crippen molar-refractivity contribution < 1.29 is 13.7 Å². The van der Waals surface area contributed by atoms with Crippen LogP contribution in [0.5, 0.6) is 0 Å². The first kappa shape index (κ1) is 17.0. The fourth-order valence-electron chi connectivity index (χ4n) is 2.70. The molecule has 6 heteroatoms. The van der Waals surface area contributed by atoms with Crippen LogP contribution in [0, 0.1) is 13.8 Å². The Hall–Kier alpha value is -2.89. The molecule has 1 N–H and O–H groups in total. The van der Waals surface area contributed by atoms with Crippen LogP contribution in [0.25, 0.3) is 0 Å². The third kappa shape index (κ3) is 4.15. The second-order valence-corrected chi connectivity index (χ2v) is 6.15. The van der Waals surface area contributed by atoms with Crippen molar-refractivity contribution in [1.82, 2.24) is 15.5 Å². The summed E-state index contributed by atoms with van der Waals surface area (Å²) in [5.74, 6) is 1.55. The van der Waals surface area contributed by atoms with Gasteiger partial charge in [-0.15, -0.1) is 0 Å². The van der Waals surface area contributed by atoms with E-state index >= 15 is 0 Å². The highest BCUT2D eigenvalue weighted by Crippen LogP contribution is 2.19. The minimum atomic E-state index is -0.228. The Morgan fingerprint density at radius 2 is 2.08 bits per heavy atom. The van der Waals surface area contributed by atoms with Crippen LogP contribution in [0.2, 0.25) is 0 Å². The Labute approximate surface area is 146 Å². The van der Waals surface area contributed by atoms with Gasteiger partial charge in [0.1, 0.15) is 11.5 Å². The molecule has 0 saturated heterocycles. The SMILES string of the molecule is Cc1noc(C)c1Cc1ccc(C(=O)N[C@H](C)Cc2ccccn2)o1. The van der Waals surface area contributed by atoms with E-state index < -0.39 is 0 Å². The smallest absolute Gasteiger partial charge is 0.287 e. The number of hydrogen-bond acceptors (Lipinski definition) is 5. The normalized spacial score (nSPS) is 12.1. The Balaban J connectivity index is 1.60. The highest BCUT2D eigenvalue weighted by Gasteiger charge is 2.17. The molecule has 0 unspecified atom stereocenters. The van der Waals surface area contributed by atoms with Crippen molar-refractivity contribution in [2.24, 2.45) is 0 Å². The molecule has 3 aromatic heterocycles. The molecule has 1 atom stereocenters. The van der Waals surface area contributed by atoms with Crippen LogP contribution in [0.4, 0.5) is 0 Å². The zero-order valence-corrected chi connectivity index (χ0v) is 14.6. The molecule has 25 heavy (non-hydrogen) atoms. The number of nitrogens with zero attached hydrogens (tertiary/aromatic N) is 2. The van der Waals surface area contributed by atoms with Crippen molar-refractivity contribution in [1.29, 1.82) is 0 Å². The lowest BCUT2D eigenvalue weighted by Crippen LogP contribution is -2.34. The van der Waals surface area contributed by atoms with Gasteiger partial charge in [-0.1, -0.05) is 11.2 Å². The Bertz CT molecular complexity index is 832. The number of pyridine rings is 1. The van der Waals surface area contributed by atoms with Gasteiger partial charge >= 0.3 is 0 Å². The summed E-state index contributed by atoms with van der Waals surface area (Å²) >= 11 is 0. The van der Waals surface area contributed by atoms with E-state index in [9.17, 15) is 4.79 Å². The predicted molar refractivity (Wildman–Crippen MR) is 92.4 cm³/mol. The fraction of sp³-hybridized carbons (Fsp3) is 0.316. The van der Waals surface area contributed by atoms with Crippen LogP contribution in [0.1, 0.15) is 46.0 Å². The van der Waals surface area contributed by atoms with E-state index in [4.69, 9.17) is 8.94 Å². The van der Waals surface area contributed by atoms with Gasteiger partial charge in [0, 0.05) is 36.3 Å². The van der Waals surface area contributed by atoms with Crippen molar-refractivity contribution in [2.45, 2.75) is 39.7 Å². The lowest BCUT2D eigenvalue weighted by molar-refractivity contribution is 0.0910. The highest BCUT2D eigenvalue weighted by atomic mass is 16.5. The van der Waals surface area contributed by atoms with Crippen molar-refractivity contribution >= 4 is 5.91 Å². The quantitative estimate of drug-likeness (QED) is 0.745. The van der Waals surface area contributed by atoms with Gasteiger partial charge in [-0.3, -0.25) is 9.78 Å². The molecule has 3 heterocycles. The molecular formula is C19H21N3O3. The van der Waals surface area contributed by atoms with Crippen molar-refractivity contribution in [3.8, 4) is 0 Å². The zero-order valence-electron chi connectivity index (χ0n) is 14.6. The van der Waals surface area contributed by atoms with E-state index in [1.165, 1.54) is 0 Å². The number of rotatable bonds is 6. The standard InChI is InChI=1S/C19H21N3O3/c1-12(10-15-6-4-5-9-20-15)21-19(23)18-8-7-16(24-18)11-17-13(2)22-25-14(17)3/h4-9,12H,10-11H2,1-3H3,(H,21,23)/t12-/m1/s1. The van der Waals surface area contributed by atoms with Gasteiger partial charge in [0.2, 0.25) is 0 Å². The molecule has 0 saturated carbocycles. The summed E-state index contributed by atoms with van der Waals surface area (Å²) in [6.45, 7) is 5.70. The topological polar surface area (TPSA) is 81.2 Å². The van der Waals surface area contributed by atoms with Crippen LogP contribution < -0.4 is 5.32 Å². The third-order valence-electron chi connectivity index (χ3n) is 4.04. The molecule has 0 aliphatic carbocycles. The van der Waals surface area contributed by atoms with Gasteiger partial charge in [0.25, 0.3) is 5.91 Å². The molecule has 3 rings (SSSR count). The van der Waals surface area contributed by atoms with Gasteiger partial charge in [-0.2, -0.15) is 0 Å². The minimum Gasteiger partial charge on any atom is -0.456 e. The van der Waals surface area contributed by atoms with Crippen LogP contribution in [0.3, 0.4) is 0 Å². The largest absolute Gasteiger partial charge is 0.456 e. The molecule has 130 valence electrons. The number of aryl methyl sites for hydroxylation is 2. The molecule has 3 aromatic rings. The molecule has 0 aromatic carbocycles. The van der Waals surface area contributed by atoms with Crippen molar-refractivity contribution in [2.75, 3.05) is 0 Å². The number of aromatic nitrogens is 2. The van der Waals surface area contributed by atoms with E-state index in [-0.39, 0.29) is 11.9 Å². The molecule has 0 aliphatic rings. The number of furan rings is 1. The number of hydrogen-bond donors (Lipinski definition) is 1. The molecule has 0 bridgehead atoms. The molecule has 0 aliphatic heterocycles. The number of nitrogens with one attached hydrogen (secondary N) is 1. The first-order valence-corrected chi connectivity index (χ1v) is 8.24. The molecule has 0 radical (unpaired) electrons. The number of amides is 1. The summed E-state index contributed by atoms with van der Waals surface area (Å²) < 4.78 is 10.8.